The summed E-state index contributed by atoms with van der Waals surface area (Å²) in [4.78, 5) is 24.9. The Balaban J connectivity index is 3.12. The standard InChI is InChI=1S/C9H9BrN2O5/c1-2-17-9(14)8(13)7-6(12(15)16)3-5(10)4-11-7/h3-4,8,13H,2H2,1H3. The number of hydrogen-bond acceptors (Lipinski definition) is 6. The third-order valence-electron chi connectivity index (χ3n) is 1.83. The molecule has 1 atom stereocenters. The van der Waals surface area contributed by atoms with Crippen LogP contribution >= 0.6 is 15.9 Å². The molecule has 17 heavy (non-hydrogen) atoms. The zero-order chi connectivity index (χ0) is 13.0. The Morgan fingerprint density at radius 3 is 2.94 bits per heavy atom. The molecule has 1 aromatic rings. The van der Waals surface area contributed by atoms with Crippen LogP contribution in [0.2, 0.25) is 0 Å². The number of aliphatic hydroxyl groups excluding tert-OH is 1. The highest BCUT2D eigenvalue weighted by Gasteiger charge is 2.29. The van der Waals surface area contributed by atoms with Crippen molar-refractivity contribution in [3.8, 4) is 0 Å². The van der Waals surface area contributed by atoms with Gasteiger partial charge >= 0.3 is 5.97 Å². The predicted molar refractivity (Wildman–Crippen MR) is 60.2 cm³/mol. The van der Waals surface area contributed by atoms with E-state index < -0.39 is 22.7 Å². The minimum Gasteiger partial charge on any atom is -0.464 e. The molecular weight excluding hydrogens is 296 g/mol. The summed E-state index contributed by atoms with van der Waals surface area (Å²) in [6.07, 6.45) is -0.506. The second kappa shape index (κ2) is 5.69. The van der Waals surface area contributed by atoms with Crippen LogP contribution in [-0.2, 0) is 9.53 Å². The van der Waals surface area contributed by atoms with Crippen molar-refractivity contribution in [3.05, 3.63) is 32.5 Å². The molecule has 1 N–H and O–H groups in total. The molecule has 0 aliphatic carbocycles. The smallest absolute Gasteiger partial charge is 0.341 e. The molecule has 92 valence electrons. The molecular formula is C9H9BrN2O5. The van der Waals surface area contributed by atoms with Crippen molar-refractivity contribution in [1.29, 1.82) is 0 Å². The monoisotopic (exact) mass is 304 g/mol. The molecule has 1 rings (SSSR count). The number of ether oxygens (including phenoxy) is 1. The van der Waals surface area contributed by atoms with Crippen molar-refractivity contribution in [3.63, 3.8) is 0 Å². The van der Waals surface area contributed by atoms with Gasteiger partial charge in [0.25, 0.3) is 5.69 Å². The minimum atomic E-state index is -1.76. The lowest BCUT2D eigenvalue weighted by atomic mass is 10.2. The Labute approximate surface area is 105 Å². The van der Waals surface area contributed by atoms with Crippen molar-refractivity contribution in [1.82, 2.24) is 4.98 Å². The maximum atomic E-state index is 11.3. The average molecular weight is 305 g/mol. The summed E-state index contributed by atoms with van der Waals surface area (Å²) in [5.74, 6) is -0.967. The van der Waals surface area contributed by atoms with E-state index >= 15 is 0 Å². The number of pyridine rings is 1. The maximum absolute atomic E-state index is 11.3. The molecule has 1 heterocycles. The molecule has 0 amide bonds. The molecule has 0 saturated carbocycles. The van der Waals surface area contributed by atoms with E-state index in [1.54, 1.807) is 6.92 Å². The van der Waals surface area contributed by atoms with Crippen LogP contribution in [0.25, 0.3) is 0 Å². The van der Waals surface area contributed by atoms with Gasteiger partial charge in [0.1, 0.15) is 0 Å². The van der Waals surface area contributed by atoms with Gasteiger partial charge in [0.2, 0.25) is 6.10 Å². The number of halogens is 1. The van der Waals surface area contributed by atoms with E-state index in [1.165, 1.54) is 6.20 Å². The van der Waals surface area contributed by atoms with Crippen molar-refractivity contribution in [2.24, 2.45) is 0 Å². The van der Waals surface area contributed by atoms with Gasteiger partial charge in [-0.2, -0.15) is 0 Å². The zero-order valence-corrected chi connectivity index (χ0v) is 10.4. The summed E-state index contributed by atoms with van der Waals surface area (Å²) in [6.45, 7) is 1.63. The Morgan fingerprint density at radius 2 is 2.41 bits per heavy atom. The van der Waals surface area contributed by atoms with Gasteiger partial charge in [-0.15, -0.1) is 0 Å². The van der Waals surface area contributed by atoms with Crippen molar-refractivity contribution in [2.75, 3.05) is 6.61 Å². The van der Waals surface area contributed by atoms with Crippen molar-refractivity contribution in [2.45, 2.75) is 13.0 Å². The number of nitrogens with zero attached hydrogens (tertiary/aromatic N) is 2. The highest BCUT2D eigenvalue weighted by Crippen LogP contribution is 2.26. The predicted octanol–water partition coefficient (Wildman–Crippen LogP) is 1.35. The second-order valence-corrected chi connectivity index (χ2v) is 3.89. The lowest BCUT2D eigenvalue weighted by Gasteiger charge is -2.09. The lowest BCUT2D eigenvalue weighted by molar-refractivity contribution is -0.386. The van der Waals surface area contributed by atoms with Gasteiger partial charge < -0.3 is 9.84 Å². The summed E-state index contributed by atoms with van der Waals surface area (Å²) in [5.41, 5.74) is -0.781. The van der Waals surface area contributed by atoms with Crippen molar-refractivity contribution < 1.29 is 19.6 Å². The van der Waals surface area contributed by atoms with E-state index in [1.807, 2.05) is 0 Å². The zero-order valence-electron chi connectivity index (χ0n) is 8.79. The van der Waals surface area contributed by atoms with Gasteiger partial charge in [0, 0.05) is 16.7 Å². The number of aliphatic hydroxyl groups is 1. The van der Waals surface area contributed by atoms with Crippen LogP contribution in [0, 0.1) is 10.1 Å². The van der Waals surface area contributed by atoms with Gasteiger partial charge in [-0.25, -0.2) is 9.78 Å². The summed E-state index contributed by atoms with van der Waals surface area (Å²) in [6, 6.07) is 1.16. The number of hydrogen-bond donors (Lipinski definition) is 1. The lowest BCUT2D eigenvalue weighted by Crippen LogP contribution is -2.17. The molecule has 0 bridgehead atoms. The van der Waals surface area contributed by atoms with Crippen molar-refractivity contribution >= 4 is 27.6 Å². The third kappa shape index (κ3) is 3.21. The number of rotatable bonds is 4. The van der Waals surface area contributed by atoms with Crippen LogP contribution < -0.4 is 0 Å². The first kappa shape index (κ1) is 13.5. The molecule has 0 saturated heterocycles. The summed E-state index contributed by atoms with van der Waals surface area (Å²) >= 11 is 3.02. The number of carbonyl (C=O) groups excluding carboxylic acids is 1. The molecule has 0 fully saturated rings. The fraction of sp³-hybridized carbons (Fsp3) is 0.333. The first-order valence-corrected chi connectivity index (χ1v) is 5.41. The molecule has 8 heteroatoms. The second-order valence-electron chi connectivity index (χ2n) is 2.97. The van der Waals surface area contributed by atoms with Crippen LogP contribution in [0.1, 0.15) is 18.7 Å². The number of nitro groups is 1. The van der Waals surface area contributed by atoms with Gasteiger partial charge in [-0.1, -0.05) is 0 Å². The third-order valence-corrected chi connectivity index (χ3v) is 2.26. The van der Waals surface area contributed by atoms with Gasteiger partial charge in [-0.05, 0) is 22.9 Å². The molecule has 0 aliphatic rings. The number of esters is 1. The maximum Gasteiger partial charge on any atom is 0.341 e. The SMILES string of the molecule is CCOC(=O)C(O)c1ncc(Br)cc1[N+](=O)[O-]. The highest BCUT2D eigenvalue weighted by molar-refractivity contribution is 9.10. The van der Waals surface area contributed by atoms with Gasteiger partial charge in [-0.3, -0.25) is 10.1 Å². The van der Waals surface area contributed by atoms with E-state index in [0.29, 0.717) is 4.47 Å². The van der Waals surface area contributed by atoms with Crippen LogP contribution in [0.5, 0.6) is 0 Å². The van der Waals surface area contributed by atoms with E-state index in [0.717, 1.165) is 6.07 Å². The molecule has 1 unspecified atom stereocenters. The molecule has 7 nitrogen and oxygen atoms in total. The van der Waals surface area contributed by atoms with E-state index in [9.17, 15) is 20.0 Å². The normalized spacial score (nSPS) is 11.9. The van der Waals surface area contributed by atoms with Gasteiger partial charge in [0.05, 0.1) is 11.5 Å². The first-order valence-electron chi connectivity index (χ1n) is 4.62. The van der Waals surface area contributed by atoms with Crippen LogP contribution in [0.4, 0.5) is 5.69 Å². The quantitative estimate of drug-likeness (QED) is 0.511. The van der Waals surface area contributed by atoms with E-state index in [2.05, 4.69) is 25.7 Å². The first-order chi connectivity index (χ1) is 7.97. The van der Waals surface area contributed by atoms with Crippen LogP contribution in [0.3, 0.4) is 0 Å². The summed E-state index contributed by atoms with van der Waals surface area (Å²) < 4.78 is 4.94. The van der Waals surface area contributed by atoms with E-state index in [-0.39, 0.29) is 12.3 Å². The molecule has 0 aliphatic heterocycles. The topological polar surface area (TPSA) is 103 Å². The molecule has 0 radical (unpaired) electrons. The largest absolute Gasteiger partial charge is 0.464 e. The average Bonchev–Trinajstić information content (AvgIpc) is 2.28. The molecule has 1 aromatic heterocycles. The number of carbonyl (C=O) groups is 1. The minimum absolute atomic E-state index is 0.0697. The Morgan fingerprint density at radius 1 is 1.76 bits per heavy atom. The van der Waals surface area contributed by atoms with Crippen LogP contribution in [-0.4, -0.2) is 27.6 Å². The fourth-order valence-electron chi connectivity index (χ4n) is 1.13. The van der Waals surface area contributed by atoms with Crippen LogP contribution in [0.15, 0.2) is 16.7 Å². The van der Waals surface area contributed by atoms with Gasteiger partial charge in [0.15, 0.2) is 5.69 Å². The highest BCUT2D eigenvalue weighted by atomic mass is 79.9. The fourth-order valence-corrected chi connectivity index (χ4v) is 1.45. The van der Waals surface area contributed by atoms with E-state index in [4.69, 9.17) is 0 Å². The summed E-state index contributed by atoms with van der Waals surface area (Å²) in [7, 11) is 0. The molecule has 0 aromatic carbocycles. The molecule has 0 spiro atoms. The summed E-state index contributed by atoms with van der Waals surface area (Å²) in [5, 5.41) is 20.3. The Kier molecular flexibility index (Phi) is 4.53. The number of aromatic nitrogens is 1. The Bertz CT molecular complexity index is 451. The Hall–Kier alpha value is -1.54.